The van der Waals surface area contributed by atoms with E-state index in [0.717, 1.165) is 19.3 Å². The van der Waals surface area contributed by atoms with Gasteiger partial charge >= 0.3 is 0 Å². The molecule has 1 saturated carbocycles. The first-order valence-electron chi connectivity index (χ1n) is 4.57. The summed E-state index contributed by atoms with van der Waals surface area (Å²) in [5.74, 6) is 0.149. The van der Waals surface area contributed by atoms with Crippen LogP contribution in [0.4, 0.5) is 0 Å². The van der Waals surface area contributed by atoms with Crippen molar-refractivity contribution < 1.29 is 4.79 Å². The Labute approximate surface area is 73.7 Å². The van der Waals surface area contributed by atoms with Gasteiger partial charge in [0.25, 0.3) is 0 Å². The van der Waals surface area contributed by atoms with Crippen molar-refractivity contribution in [3.63, 3.8) is 0 Å². The molecule has 0 spiro atoms. The molecule has 1 fully saturated rings. The summed E-state index contributed by atoms with van der Waals surface area (Å²) >= 11 is 0. The molecule has 3 heteroatoms. The second-order valence-corrected chi connectivity index (χ2v) is 4.17. The van der Waals surface area contributed by atoms with Crippen LogP contribution in [0, 0.1) is 5.41 Å². The third-order valence-electron chi connectivity index (χ3n) is 2.30. The number of amides is 1. The molecule has 0 aliphatic heterocycles. The Morgan fingerprint density at radius 3 is 2.58 bits per heavy atom. The summed E-state index contributed by atoms with van der Waals surface area (Å²) in [5, 5.41) is 2.98. The minimum Gasteiger partial charge on any atom is -0.353 e. The van der Waals surface area contributed by atoms with Crippen molar-refractivity contribution in [2.75, 3.05) is 6.54 Å². The SMILES string of the molecule is CC(C)(CCN)C(=O)NC1CC1. The molecule has 0 bridgehead atoms. The molecular formula is C9H18N2O. The standard InChI is InChI=1S/C9H18N2O/c1-9(2,5-6-10)8(12)11-7-3-4-7/h7H,3-6,10H2,1-2H3,(H,11,12). The molecule has 3 N–H and O–H groups in total. The highest BCUT2D eigenvalue weighted by Gasteiger charge is 2.31. The molecule has 0 unspecified atom stereocenters. The van der Waals surface area contributed by atoms with E-state index in [1.165, 1.54) is 0 Å². The van der Waals surface area contributed by atoms with E-state index in [1.807, 2.05) is 13.8 Å². The van der Waals surface area contributed by atoms with E-state index in [1.54, 1.807) is 0 Å². The fourth-order valence-corrected chi connectivity index (χ4v) is 1.08. The summed E-state index contributed by atoms with van der Waals surface area (Å²) in [7, 11) is 0. The molecule has 0 saturated heterocycles. The molecule has 0 aromatic heterocycles. The Kier molecular flexibility index (Phi) is 2.73. The number of nitrogens with one attached hydrogen (secondary N) is 1. The number of carbonyl (C=O) groups is 1. The van der Waals surface area contributed by atoms with Crippen molar-refractivity contribution >= 4 is 5.91 Å². The zero-order valence-electron chi connectivity index (χ0n) is 7.89. The molecule has 1 rings (SSSR count). The molecule has 3 nitrogen and oxygen atoms in total. The summed E-state index contributed by atoms with van der Waals surface area (Å²) in [6, 6.07) is 0.453. The third kappa shape index (κ3) is 2.48. The highest BCUT2D eigenvalue weighted by molar-refractivity contribution is 5.82. The van der Waals surface area contributed by atoms with E-state index in [9.17, 15) is 4.79 Å². The number of rotatable bonds is 4. The van der Waals surface area contributed by atoms with Gasteiger partial charge in [0.1, 0.15) is 0 Å². The van der Waals surface area contributed by atoms with E-state index >= 15 is 0 Å². The molecule has 12 heavy (non-hydrogen) atoms. The average Bonchev–Trinajstić information content (AvgIpc) is 2.71. The molecule has 1 amide bonds. The second-order valence-electron chi connectivity index (χ2n) is 4.17. The van der Waals surface area contributed by atoms with Gasteiger partial charge in [0.05, 0.1) is 0 Å². The van der Waals surface area contributed by atoms with Crippen LogP contribution in [-0.4, -0.2) is 18.5 Å². The fraction of sp³-hybridized carbons (Fsp3) is 0.889. The van der Waals surface area contributed by atoms with Gasteiger partial charge in [-0.3, -0.25) is 4.79 Å². The van der Waals surface area contributed by atoms with Crippen LogP contribution in [0.1, 0.15) is 33.1 Å². The van der Waals surface area contributed by atoms with Crippen LogP contribution in [0.5, 0.6) is 0 Å². The molecule has 0 heterocycles. The van der Waals surface area contributed by atoms with Crippen molar-refractivity contribution in [1.82, 2.24) is 5.32 Å². The van der Waals surface area contributed by atoms with Gasteiger partial charge in [-0.1, -0.05) is 13.8 Å². The Hall–Kier alpha value is -0.570. The monoisotopic (exact) mass is 170 g/mol. The van der Waals surface area contributed by atoms with Crippen molar-refractivity contribution in [1.29, 1.82) is 0 Å². The first-order valence-corrected chi connectivity index (χ1v) is 4.57. The number of hydrogen-bond donors (Lipinski definition) is 2. The van der Waals surface area contributed by atoms with Gasteiger partial charge in [-0.25, -0.2) is 0 Å². The molecule has 70 valence electrons. The molecule has 0 radical (unpaired) electrons. The second kappa shape index (κ2) is 3.44. The number of hydrogen-bond acceptors (Lipinski definition) is 2. The largest absolute Gasteiger partial charge is 0.353 e. The molecule has 0 atom stereocenters. The highest BCUT2D eigenvalue weighted by Crippen LogP contribution is 2.24. The van der Waals surface area contributed by atoms with Crippen LogP contribution in [0.3, 0.4) is 0 Å². The van der Waals surface area contributed by atoms with Crippen molar-refractivity contribution in [3.8, 4) is 0 Å². The topological polar surface area (TPSA) is 55.1 Å². The van der Waals surface area contributed by atoms with Crippen LogP contribution >= 0.6 is 0 Å². The lowest BCUT2D eigenvalue weighted by Crippen LogP contribution is -2.39. The van der Waals surface area contributed by atoms with Crippen molar-refractivity contribution in [2.45, 2.75) is 39.2 Å². The predicted molar refractivity (Wildman–Crippen MR) is 48.6 cm³/mol. The third-order valence-corrected chi connectivity index (χ3v) is 2.30. The number of nitrogens with two attached hydrogens (primary N) is 1. The minimum atomic E-state index is -0.294. The van der Waals surface area contributed by atoms with Crippen LogP contribution in [0.25, 0.3) is 0 Å². The Balaban J connectivity index is 2.36. The number of carbonyl (C=O) groups excluding carboxylic acids is 1. The van der Waals surface area contributed by atoms with Gasteiger partial charge in [0.15, 0.2) is 0 Å². The van der Waals surface area contributed by atoms with Gasteiger partial charge in [0, 0.05) is 11.5 Å². The summed E-state index contributed by atoms with van der Waals surface area (Å²) < 4.78 is 0. The maximum atomic E-state index is 11.5. The van der Waals surface area contributed by atoms with E-state index < -0.39 is 0 Å². The maximum absolute atomic E-state index is 11.5. The molecule has 1 aliphatic rings. The van der Waals surface area contributed by atoms with Crippen molar-refractivity contribution in [3.05, 3.63) is 0 Å². The molecular weight excluding hydrogens is 152 g/mol. The zero-order valence-corrected chi connectivity index (χ0v) is 7.89. The minimum absolute atomic E-state index is 0.149. The summed E-state index contributed by atoms with van der Waals surface area (Å²) in [5.41, 5.74) is 5.12. The van der Waals surface area contributed by atoms with E-state index in [2.05, 4.69) is 5.32 Å². The van der Waals surface area contributed by atoms with Gasteiger partial charge in [-0.05, 0) is 25.8 Å². The van der Waals surface area contributed by atoms with Gasteiger partial charge in [-0.2, -0.15) is 0 Å². The van der Waals surface area contributed by atoms with E-state index in [4.69, 9.17) is 5.73 Å². The first-order chi connectivity index (χ1) is 5.56. The molecule has 0 aromatic carbocycles. The Morgan fingerprint density at radius 2 is 2.17 bits per heavy atom. The molecule has 0 aromatic rings. The first kappa shape index (κ1) is 9.52. The van der Waals surface area contributed by atoms with Crippen molar-refractivity contribution in [2.24, 2.45) is 11.1 Å². The lowest BCUT2D eigenvalue weighted by molar-refractivity contribution is -0.129. The Bertz CT molecular complexity index is 173. The van der Waals surface area contributed by atoms with Crippen LogP contribution in [0.15, 0.2) is 0 Å². The van der Waals surface area contributed by atoms with Gasteiger partial charge in [0.2, 0.25) is 5.91 Å². The van der Waals surface area contributed by atoms with Gasteiger partial charge in [-0.15, -0.1) is 0 Å². The lowest BCUT2D eigenvalue weighted by atomic mass is 9.88. The summed E-state index contributed by atoms with van der Waals surface area (Å²) in [6.45, 7) is 4.46. The zero-order chi connectivity index (χ0) is 9.19. The van der Waals surface area contributed by atoms with Crippen LogP contribution in [-0.2, 0) is 4.79 Å². The predicted octanol–water partition coefficient (Wildman–Crippen LogP) is 0.640. The smallest absolute Gasteiger partial charge is 0.225 e. The summed E-state index contributed by atoms with van der Waals surface area (Å²) in [4.78, 5) is 11.5. The maximum Gasteiger partial charge on any atom is 0.225 e. The van der Waals surface area contributed by atoms with Crippen LogP contribution < -0.4 is 11.1 Å². The van der Waals surface area contributed by atoms with E-state index in [-0.39, 0.29) is 11.3 Å². The normalized spacial score (nSPS) is 17.6. The van der Waals surface area contributed by atoms with E-state index in [0.29, 0.717) is 12.6 Å². The summed E-state index contributed by atoms with van der Waals surface area (Å²) in [6.07, 6.45) is 3.04. The Morgan fingerprint density at radius 1 is 1.58 bits per heavy atom. The van der Waals surface area contributed by atoms with Crippen LogP contribution in [0.2, 0.25) is 0 Å². The molecule has 1 aliphatic carbocycles. The van der Waals surface area contributed by atoms with Gasteiger partial charge < -0.3 is 11.1 Å². The average molecular weight is 170 g/mol. The fourth-order valence-electron chi connectivity index (χ4n) is 1.08. The lowest BCUT2D eigenvalue weighted by Gasteiger charge is -2.22. The quantitative estimate of drug-likeness (QED) is 0.650. The highest BCUT2D eigenvalue weighted by atomic mass is 16.2.